The van der Waals surface area contributed by atoms with Crippen LogP contribution in [0, 0.1) is 5.92 Å². The monoisotopic (exact) mass is 393 g/mol. The van der Waals surface area contributed by atoms with Crippen molar-refractivity contribution in [3.8, 4) is 11.1 Å². The van der Waals surface area contributed by atoms with E-state index >= 15 is 0 Å². The minimum Gasteiger partial charge on any atom is -0.356 e. The number of benzene rings is 4. The highest BCUT2D eigenvalue weighted by molar-refractivity contribution is 5.85. The summed E-state index contributed by atoms with van der Waals surface area (Å²) >= 11 is 0. The predicted molar refractivity (Wildman–Crippen MR) is 125 cm³/mol. The Morgan fingerprint density at radius 3 is 2.23 bits per heavy atom. The lowest BCUT2D eigenvalue weighted by atomic mass is 9.96. The zero-order valence-corrected chi connectivity index (χ0v) is 17.3. The van der Waals surface area contributed by atoms with Gasteiger partial charge in [0.25, 0.3) is 0 Å². The van der Waals surface area contributed by atoms with Crippen molar-refractivity contribution in [3.05, 3.63) is 108 Å². The van der Waals surface area contributed by atoms with Gasteiger partial charge in [-0.25, -0.2) is 0 Å². The molecule has 0 aliphatic rings. The van der Waals surface area contributed by atoms with Crippen molar-refractivity contribution in [2.75, 3.05) is 6.54 Å². The maximum absolute atomic E-state index is 12.4. The van der Waals surface area contributed by atoms with Crippen LogP contribution in [0.3, 0.4) is 0 Å². The fourth-order valence-electron chi connectivity index (χ4n) is 3.90. The first-order valence-corrected chi connectivity index (χ1v) is 10.6. The number of amides is 1. The molecule has 1 amide bonds. The van der Waals surface area contributed by atoms with Gasteiger partial charge < -0.3 is 5.32 Å². The van der Waals surface area contributed by atoms with Gasteiger partial charge in [0.05, 0.1) is 6.42 Å². The quantitative estimate of drug-likeness (QED) is 0.407. The molecule has 0 radical (unpaired) electrons. The molecule has 1 N–H and O–H groups in total. The molecule has 2 nitrogen and oxygen atoms in total. The molecular formula is C28H27NO. The molecule has 0 aliphatic carbocycles. The number of fused-ring (bicyclic) bond motifs is 1. The van der Waals surface area contributed by atoms with Crippen LogP contribution in [0.4, 0.5) is 0 Å². The normalized spacial score (nSPS) is 11.9. The molecule has 0 spiro atoms. The Hall–Kier alpha value is -3.39. The Bertz CT molecular complexity index is 1110. The third-order valence-corrected chi connectivity index (χ3v) is 5.52. The molecule has 0 heterocycles. The molecule has 0 saturated heterocycles. The molecule has 1 atom stereocenters. The predicted octanol–water partition coefficient (Wildman–Crippen LogP) is 6.04. The fraction of sp³-hybridized carbons (Fsp3) is 0.179. The Balaban J connectivity index is 1.30. The molecule has 4 aromatic rings. The van der Waals surface area contributed by atoms with Crippen molar-refractivity contribution in [2.45, 2.75) is 19.8 Å². The van der Waals surface area contributed by atoms with Crippen LogP contribution in [-0.2, 0) is 17.6 Å². The summed E-state index contributed by atoms with van der Waals surface area (Å²) in [5, 5.41) is 5.68. The second kappa shape index (κ2) is 9.41. The number of hydrogen-bond donors (Lipinski definition) is 1. The smallest absolute Gasteiger partial charge is 0.224 e. The van der Waals surface area contributed by atoms with E-state index < -0.39 is 0 Å². The van der Waals surface area contributed by atoms with E-state index in [2.05, 4.69) is 79.0 Å². The summed E-state index contributed by atoms with van der Waals surface area (Å²) in [6.07, 6.45) is 1.36. The lowest BCUT2D eigenvalue weighted by Gasteiger charge is -2.14. The molecule has 0 aliphatic heterocycles. The highest BCUT2D eigenvalue weighted by Crippen LogP contribution is 2.21. The van der Waals surface area contributed by atoms with Crippen LogP contribution in [0.15, 0.2) is 97.1 Å². The molecular weight excluding hydrogens is 366 g/mol. The number of carbonyl (C=O) groups excluding carboxylic acids is 1. The van der Waals surface area contributed by atoms with Gasteiger partial charge in [0, 0.05) is 6.54 Å². The highest BCUT2D eigenvalue weighted by Gasteiger charge is 2.10. The molecule has 4 aromatic carbocycles. The van der Waals surface area contributed by atoms with E-state index in [0.717, 1.165) is 12.0 Å². The van der Waals surface area contributed by atoms with Crippen LogP contribution in [0.5, 0.6) is 0 Å². The summed E-state index contributed by atoms with van der Waals surface area (Å²) in [5.41, 5.74) is 4.74. The molecule has 4 rings (SSSR count). The largest absolute Gasteiger partial charge is 0.356 e. The number of hydrogen-bond acceptors (Lipinski definition) is 1. The third-order valence-electron chi connectivity index (χ3n) is 5.52. The molecule has 0 unspecified atom stereocenters. The summed E-state index contributed by atoms with van der Waals surface area (Å²) in [6.45, 7) is 2.88. The number of rotatable bonds is 7. The van der Waals surface area contributed by atoms with E-state index in [1.165, 1.54) is 27.5 Å². The Morgan fingerprint density at radius 1 is 0.767 bits per heavy atom. The molecule has 0 aromatic heterocycles. The van der Waals surface area contributed by atoms with E-state index in [9.17, 15) is 4.79 Å². The molecule has 150 valence electrons. The maximum Gasteiger partial charge on any atom is 0.224 e. The second-order valence-electron chi connectivity index (χ2n) is 7.99. The number of carbonyl (C=O) groups is 1. The first-order valence-electron chi connectivity index (χ1n) is 10.6. The SMILES string of the molecule is C[C@@H](CNC(=O)Cc1ccc(-c2ccccc2)cc1)Cc1cccc2ccccc12. The van der Waals surface area contributed by atoms with Gasteiger partial charge >= 0.3 is 0 Å². The fourth-order valence-corrected chi connectivity index (χ4v) is 3.90. The van der Waals surface area contributed by atoms with Crippen molar-refractivity contribution >= 4 is 16.7 Å². The first kappa shape index (κ1) is 19.9. The molecule has 0 saturated carbocycles. The average molecular weight is 394 g/mol. The van der Waals surface area contributed by atoms with Crippen molar-refractivity contribution in [3.63, 3.8) is 0 Å². The van der Waals surface area contributed by atoms with Gasteiger partial charge in [0.15, 0.2) is 0 Å². The summed E-state index contributed by atoms with van der Waals surface area (Å²) in [4.78, 5) is 12.4. The highest BCUT2D eigenvalue weighted by atomic mass is 16.1. The van der Waals surface area contributed by atoms with Gasteiger partial charge in [-0.3, -0.25) is 4.79 Å². The van der Waals surface area contributed by atoms with Crippen LogP contribution < -0.4 is 5.32 Å². The van der Waals surface area contributed by atoms with E-state index in [1.54, 1.807) is 0 Å². The van der Waals surface area contributed by atoms with Gasteiger partial charge in [-0.05, 0) is 45.4 Å². The number of nitrogens with one attached hydrogen (secondary N) is 1. The zero-order valence-electron chi connectivity index (χ0n) is 17.3. The third kappa shape index (κ3) is 4.96. The minimum atomic E-state index is 0.0761. The van der Waals surface area contributed by atoms with Gasteiger partial charge in [0.1, 0.15) is 0 Å². The maximum atomic E-state index is 12.4. The molecule has 2 heteroatoms. The van der Waals surface area contributed by atoms with Gasteiger partial charge in [-0.1, -0.05) is 104 Å². The standard InChI is InChI=1S/C28H27NO/c1-21(18-26-12-7-11-25-10-5-6-13-27(25)26)20-29-28(30)19-22-14-16-24(17-15-22)23-8-3-2-4-9-23/h2-17,21H,18-20H2,1H3,(H,29,30)/t21-/m1/s1. The van der Waals surface area contributed by atoms with E-state index in [-0.39, 0.29) is 5.91 Å². The Labute approximate surface area is 178 Å². The van der Waals surface area contributed by atoms with Gasteiger partial charge in [-0.2, -0.15) is 0 Å². The van der Waals surface area contributed by atoms with Crippen LogP contribution >= 0.6 is 0 Å². The topological polar surface area (TPSA) is 29.1 Å². The van der Waals surface area contributed by atoms with Crippen molar-refractivity contribution in [2.24, 2.45) is 5.92 Å². The first-order chi connectivity index (χ1) is 14.7. The molecule has 0 fully saturated rings. The van der Waals surface area contributed by atoms with Crippen molar-refractivity contribution in [1.82, 2.24) is 5.32 Å². The summed E-state index contributed by atoms with van der Waals surface area (Å²) in [5.74, 6) is 0.451. The van der Waals surface area contributed by atoms with Crippen LogP contribution in [0.2, 0.25) is 0 Å². The van der Waals surface area contributed by atoms with E-state index in [0.29, 0.717) is 18.9 Å². The second-order valence-corrected chi connectivity index (χ2v) is 7.99. The van der Waals surface area contributed by atoms with Crippen molar-refractivity contribution in [1.29, 1.82) is 0 Å². The summed E-state index contributed by atoms with van der Waals surface area (Å²) in [6, 6.07) is 33.5. The minimum absolute atomic E-state index is 0.0761. The van der Waals surface area contributed by atoms with Crippen LogP contribution in [-0.4, -0.2) is 12.5 Å². The lowest BCUT2D eigenvalue weighted by molar-refractivity contribution is -0.120. The Kier molecular flexibility index (Phi) is 6.24. The van der Waals surface area contributed by atoms with Gasteiger partial charge in [0.2, 0.25) is 5.91 Å². The van der Waals surface area contributed by atoms with Crippen molar-refractivity contribution < 1.29 is 4.79 Å². The molecule has 0 bridgehead atoms. The molecule has 30 heavy (non-hydrogen) atoms. The van der Waals surface area contributed by atoms with Crippen LogP contribution in [0.25, 0.3) is 21.9 Å². The average Bonchev–Trinajstić information content (AvgIpc) is 2.79. The summed E-state index contributed by atoms with van der Waals surface area (Å²) < 4.78 is 0. The summed E-state index contributed by atoms with van der Waals surface area (Å²) in [7, 11) is 0. The van der Waals surface area contributed by atoms with Gasteiger partial charge in [-0.15, -0.1) is 0 Å². The lowest BCUT2D eigenvalue weighted by Crippen LogP contribution is -2.30. The Morgan fingerprint density at radius 2 is 1.43 bits per heavy atom. The van der Waals surface area contributed by atoms with Crippen LogP contribution in [0.1, 0.15) is 18.1 Å². The zero-order chi connectivity index (χ0) is 20.8. The van der Waals surface area contributed by atoms with E-state index in [1.807, 2.05) is 30.3 Å². The van der Waals surface area contributed by atoms with E-state index in [4.69, 9.17) is 0 Å².